The van der Waals surface area contributed by atoms with E-state index in [1.54, 1.807) is 30.3 Å². The number of fused-ring (bicyclic) bond motifs is 1. The Morgan fingerprint density at radius 2 is 2.12 bits per heavy atom. The summed E-state index contributed by atoms with van der Waals surface area (Å²) in [4.78, 5) is 41.1. The molecule has 7 nitrogen and oxygen atoms in total. The summed E-state index contributed by atoms with van der Waals surface area (Å²) in [5, 5.41) is 3.01. The second kappa shape index (κ2) is 8.23. The summed E-state index contributed by atoms with van der Waals surface area (Å²) >= 11 is 0. The number of hydrogen-bond donors (Lipinski definition) is 1. The molecule has 2 aromatic rings. The van der Waals surface area contributed by atoms with Gasteiger partial charge in [-0.3, -0.25) is 14.2 Å². The van der Waals surface area contributed by atoms with Gasteiger partial charge in [0.1, 0.15) is 12.1 Å². The SMILES string of the molecule is C=CCC[C@@H](C(=O)NC(C)C(=O)OC)n1cnc2ccccc2c1=O. The first-order chi connectivity index (χ1) is 12.0. The Hall–Kier alpha value is -2.96. The molecule has 0 aliphatic carbocycles. The second-order valence-corrected chi connectivity index (χ2v) is 5.61. The van der Waals surface area contributed by atoms with E-state index in [4.69, 9.17) is 0 Å². The van der Waals surface area contributed by atoms with Gasteiger partial charge >= 0.3 is 5.97 Å². The second-order valence-electron chi connectivity index (χ2n) is 5.61. The topological polar surface area (TPSA) is 90.3 Å². The number of carbonyl (C=O) groups excluding carboxylic acids is 2. The van der Waals surface area contributed by atoms with E-state index in [0.717, 1.165) is 0 Å². The first-order valence-corrected chi connectivity index (χ1v) is 7.94. The highest BCUT2D eigenvalue weighted by Gasteiger charge is 2.25. The Balaban J connectivity index is 2.38. The zero-order chi connectivity index (χ0) is 18.4. The number of para-hydroxylation sites is 1. The largest absolute Gasteiger partial charge is 0.467 e. The Bertz CT molecular complexity index is 844. The van der Waals surface area contributed by atoms with E-state index in [-0.39, 0.29) is 5.56 Å². The first kappa shape index (κ1) is 18.4. The number of nitrogens with one attached hydrogen (secondary N) is 1. The van der Waals surface area contributed by atoms with Crippen molar-refractivity contribution in [3.05, 3.63) is 53.6 Å². The number of benzene rings is 1. The maximum absolute atomic E-state index is 12.7. The molecule has 0 fully saturated rings. The van der Waals surface area contributed by atoms with Gasteiger partial charge in [0.15, 0.2) is 0 Å². The van der Waals surface area contributed by atoms with E-state index in [1.807, 2.05) is 0 Å². The lowest BCUT2D eigenvalue weighted by molar-refractivity contribution is -0.145. The van der Waals surface area contributed by atoms with Crippen molar-refractivity contribution in [3.63, 3.8) is 0 Å². The predicted molar refractivity (Wildman–Crippen MR) is 94.1 cm³/mol. The van der Waals surface area contributed by atoms with Gasteiger partial charge in [0.2, 0.25) is 5.91 Å². The summed E-state index contributed by atoms with van der Waals surface area (Å²) in [6.07, 6.45) is 3.93. The standard InChI is InChI=1S/C18H21N3O4/c1-4-5-10-15(16(22)20-12(2)18(24)25-3)21-11-19-14-9-7-6-8-13(14)17(21)23/h4,6-9,11-12,15H,1,5,10H2,2-3H3,(H,20,22)/t12?,15-/m0/s1. The summed E-state index contributed by atoms with van der Waals surface area (Å²) in [6.45, 7) is 5.18. The van der Waals surface area contributed by atoms with Crippen molar-refractivity contribution >= 4 is 22.8 Å². The maximum Gasteiger partial charge on any atom is 0.328 e. The molecule has 1 unspecified atom stereocenters. The summed E-state index contributed by atoms with van der Waals surface area (Å²) in [6, 6.07) is 5.33. The Labute approximate surface area is 145 Å². The molecular formula is C18H21N3O4. The van der Waals surface area contributed by atoms with Crippen molar-refractivity contribution in [2.24, 2.45) is 0 Å². The quantitative estimate of drug-likeness (QED) is 0.609. The molecule has 0 aliphatic heterocycles. The van der Waals surface area contributed by atoms with Gasteiger partial charge in [-0.1, -0.05) is 18.2 Å². The molecule has 1 amide bonds. The summed E-state index contributed by atoms with van der Waals surface area (Å²) in [7, 11) is 1.25. The van der Waals surface area contributed by atoms with Crippen LogP contribution in [0.2, 0.25) is 0 Å². The number of esters is 1. The van der Waals surface area contributed by atoms with Crippen molar-refractivity contribution < 1.29 is 14.3 Å². The molecule has 2 rings (SSSR count). The first-order valence-electron chi connectivity index (χ1n) is 7.94. The van der Waals surface area contributed by atoms with E-state index in [1.165, 1.54) is 24.9 Å². The Kier molecular flexibility index (Phi) is 6.05. The van der Waals surface area contributed by atoms with Crippen LogP contribution in [-0.2, 0) is 14.3 Å². The highest BCUT2D eigenvalue weighted by Crippen LogP contribution is 2.15. The van der Waals surface area contributed by atoms with Crippen LogP contribution in [0.3, 0.4) is 0 Å². The maximum atomic E-state index is 12.7. The molecule has 0 bridgehead atoms. The molecule has 0 radical (unpaired) electrons. The minimum Gasteiger partial charge on any atom is -0.467 e. The molecule has 1 aromatic heterocycles. The lowest BCUT2D eigenvalue weighted by Gasteiger charge is -2.21. The highest BCUT2D eigenvalue weighted by atomic mass is 16.5. The average Bonchev–Trinajstić information content (AvgIpc) is 2.63. The van der Waals surface area contributed by atoms with Gasteiger partial charge in [-0.15, -0.1) is 6.58 Å². The van der Waals surface area contributed by atoms with Gasteiger partial charge in [0.25, 0.3) is 5.56 Å². The molecule has 1 aromatic carbocycles. The van der Waals surface area contributed by atoms with E-state index in [9.17, 15) is 14.4 Å². The zero-order valence-corrected chi connectivity index (χ0v) is 14.3. The molecule has 2 atom stereocenters. The molecule has 25 heavy (non-hydrogen) atoms. The third kappa shape index (κ3) is 4.12. The molecule has 132 valence electrons. The van der Waals surface area contributed by atoms with Gasteiger partial charge in [-0.2, -0.15) is 0 Å². The van der Waals surface area contributed by atoms with Crippen LogP contribution in [0.1, 0.15) is 25.8 Å². The van der Waals surface area contributed by atoms with E-state index in [2.05, 4.69) is 21.6 Å². The van der Waals surface area contributed by atoms with Crippen LogP contribution < -0.4 is 10.9 Å². The van der Waals surface area contributed by atoms with Crippen LogP contribution in [0.5, 0.6) is 0 Å². The van der Waals surface area contributed by atoms with Crippen molar-refractivity contribution in [1.29, 1.82) is 0 Å². The van der Waals surface area contributed by atoms with Crippen LogP contribution in [0.4, 0.5) is 0 Å². The number of hydrogen-bond acceptors (Lipinski definition) is 5. The monoisotopic (exact) mass is 343 g/mol. The molecule has 0 aliphatic rings. The average molecular weight is 343 g/mol. The fraction of sp³-hybridized carbons (Fsp3) is 0.333. The Morgan fingerprint density at radius 3 is 2.80 bits per heavy atom. The molecule has 1 heterocycles. The van der Waals surface area contributed by atoms with Gasteiger partial charge in [0.05, 0.1) is 24.3 Å². The smallest absolute Gasteiger partial charge is 0.328 e. The molecular weight excluding hydrogens is 322 g/mol. The van der Waals surface area contributed by atoms with Crippen molar-refractivity contribution in [2.75, 3.05) is 7.11 Å². The van der Waals surface area contributed by atoms with Crippen LogP contribution in [-0.4, -0.2) is 34.6 Å². The number of carbonyl (C=O) groups is 2. The van der Waals surface area contributed by atoms with E-state index >= 15 is 0 Å². The summed E-state index contributed by atoms with van der Waals surface area (Å²) in [5.74, 6) is -1.00. The van der Waals surface area contributed by atoms with E-state index in [0.29, 0.717) is 23.7 Å². The third-order valence-electron chi connectivity index (χ3n) is 3.89. The number of ether oxygens (including phenoxy) is 1. The minimum absolute atomic E-state index is 0.305. The molecule has 1 N–H and O–H groups in total. The zero-order valence-electron chi connectivity index (χ0n) is 14.3. The molecule has 0 saturated carbocycles. The molecule has 7 heteroatoms. The lowest BCUT2D eigenvalue weighted by Crippen LogP contribution is -2.44. The number of rotatable bonds is 7. The number of nitrogens with zero attached hydrogens (tertiary/aromatic N) is 2. The van der Waals surface area contributed by atoms with Crippen LogP contribution in [0, 0.1) is 0 Å². The fourth-order valence-electron chi connectivity index (χ4n) is 2.52. The van der Waals surface area contributed by atoms with Crippen molar-refractivity contribution in [1.82, 2.24) is 14.9 Å². The van der Waals surface area contributed by atoms with Crippen molar-refractivity contribution in [2.45, 2.75) is 31.8 Å². The summed E-state index contributed by atoms with van der Waals surface area (Å²) in [5.41, 5.74) is 0.259. The van der Waals surface area contributed by atoms with Gasteiger partial charge in [-0.05, 0) is 31.9 Å². The molecule has 0 spiro atoms. The summed E-state index contributed by atoms with van der Waals surface area (Å²) < 4.78 is 5.91. The number of methoxy groups -OCH3 is 1. The van der Waals surface area contributed by atoms with Crippen LogP contribution in [0.15, 0.2) is 48.0 Å². The van der Waals surface area contributed by atoms with Gasteiger partial charge in [-0.25, -0.2) is 9.78 Å². The molecule has 0 saturated heterocycles. The van der Waals surface area contributed by atoms with E-state index < -0.39 is 24.0 Å². The third-order valence-corrected chi connectivity index (χ3v) is 3.89. The fourth-order valence-corrected chi connectivity index (χ4v) is 2.52. The lowest BCUT2D eigenvalue weighted by atomic mass is 10.1. The normalized spacial score (nSPS) is 13.0. The Morgan fingerprint density at radius 1 is 1.40 bits per heavy atom. The number of amides is 1. The van der Waals surface area contributed by atoms with Crippen LogP contribution in [0.25, 0.3) is 10.9 Å². The highest BCUT2D eigenvalue weighted by molar-refractivity contribution is 5.86. The van der Waals surface area contributed by atoms with Crippen molar-refractivity contribution in [3.8, 4) is 0 Å². The van der Waals surface area contributed by atoms with Gasteiger partial charge < -0.3 is 10.1 Å². The van der Waals surface area contributed by atoms with Gasteiger partial charge in [0, 0.05) is 0 Å². The minimum atomic E-state index is -0.812. The number of aromatic nitrogens is 2. The number of allylic oxidation sites excluding steroid dienone is 1. The predicted octanol–water partition coefficient (Wildman–Crippen LogP) is 1.58. The van der Waals surface area contributed by atoms with Crippen LogP contribution >= 0.6 is 0 Å².